The number of ether oxygens (including phenoxy) is 1. The molecule has 1 heterocycles. The Labute approximate surface area is 159 Å². The van der Waals surface area contributed by atoms with Gasteiger partial charge in [0.05, 0.1) is 12.8 Å². The van der Waals surface area contributed by atoms with Gasteiger partial charge in [-0.15, -0.1) is 0 Å². The first kappa shape index (κ1) is 19.2. The summed E-state index contributed by atoms with van der Waals surface area (Å²) in [6.45, 7) is 4.28. The van der Waals surface area contributed by atoms with Crippen molar-refractivity contribution in [3.05, 3.63) is 59.9 Å². The number of halogens is 1. The topological polar surface area (TPSA) is 44.8 Å². The minimum absolute atomic E-state index is 0.168. The molecule has 0 aromatic heterocycles. The van der Waals surface area contributed by atoms with Gasteiger partial charge in [0.25, 0.3) is 0 Å². The largest absolute Gasteiger partial charge is 0.495 e. The molecule has 2 aromatic rings. The van der Waals surface area contributed by atoms with Crippen molar-refractivity contribution in [1.29, 1.82) is 0 Å². The molecule has 1 aliphatic rings. The lowest BCUT2D eigenvalue weighted by Gasteiger charge is -2.36. The molecule has 1 N–H and O–H groups in total. The SMILES string of the molecule is COc1ccccc1N1CCN(C(=O)CCNCc2ccc(F)cc2)CC1. The number of carbonyl (C=O) groups excluding carboxylic acids is 1. The molecule has 1 aliphatic heterocycles. The van der Waals surface area contributed by atoms with Gasteiger partial charge in [0.15, 0.2) is 0 Å². The Kier molecular flexibility index (Phi) is 6.65. The highest BCUT2D eigenvalue weighted by Gasteiger charge is 2.22. The Bertz CT molecular complexity index is 743. The van der Waals surface area contributed by atoms with Crippen LogP contribution in [-0.4, -0.2) is 50.6 Å². The maximum atomic E-state index is 12.9. The van der Waals surface area contributed by atoms with Crippen molar-refractivity contribution in [3.8, 4) is 5.75 Å². The summed E-state index contributed by atoms with van der Waals surface area (Å²) in [7, 11) is 1.68. The Morgan fingerprint density at radius 2 is 1.78 bits per heavy atom. The van der Waals surface area contributed by atoms with Crippen LogP contribution in [0.5, 0.6) is 5.75 Å². The van der Waals surface area contributed by atoms with E-state index in [1.807, 2.05) is 23.1 Å². The molecule has 1 saturated heterocycles. The van der Waals surface area contributed by atoms with Crippen molar-refractivity contribution >= 4 is 11.6 Å². The number of methoxy groups -OCH3 is 1. The fourth-order valence-electron chi connectivity index (χ4n) is 3.28. The highest BCUT2D eigenvalue weighted by Crippen LogP contribution is 2.28. The zero-order valence-corrected chi connectivity index (χ0v) is 15.7. The van der Waals surface area contributed by atoms with Gasteiger partial charge in [-0.3, -0.25) is 4.79 Å². The molecule has 2 aromatic carbocycles. The van der Waals surface area contributed by atoms with Crippen LogP contribution in [0.4, 0.5) is 10.1 Å². The van der Waals surface area contributed by atoms with E-state index in [9.17, 15) is 9.18 Å². The monoisotopic (exact) mass is 371 g/mol. The van der Waals surface area contributed by atoms with E-state index in [0.29, 0.717) is 19.5 Å². The zero-order chi connectivity index (χ0) is 19.1. The molecule has 1 fully saturated rings. The second-order valence-corrected chi connectivity index (χ2v) is 6.59. The minimum atomic E-state index is -0.235. The van der Waals surface area contributed by atoms with Gasteiger partial charge in [0.1, 0.15) is 11.6 Å². The van der Waals surface area contributed by atoms with E-state index in [4.69, 9.17) is 4.74 Å². The number of amides is 1. The van der Waals surface area contributed by atoms with Crippen LogP contribution in [-0.2, 0) is 11.3 Å². The number of rotatable bonds is 7. The fraction of sp³-hybridized carbons (Fsp3) is 0.381. The Morgan fingerprint density at radius 3 is 2.48 bits per heavy atom. The highest BCUT2D eigenvalue weighted by molar-refractivity contribution is 5.76. The van der Waals surface area contributed by atoms with E-state index in [1.165, 1.54) is 12.1 Å². The van der Waals surface area contributed by atoms with Crippen molar-refractivity contribution in [1.82, 2.24) is 10.2 Å². The zero-order valence-electron chi connectivity index (χ0n) is 15.7. The summed E-state index contributed by atoms with van der Waals surface area (Å²) in [5.41, 5.74) is 2.09. The molecule has 0 spiro atoms. The van der Waals surface area contributed by atoms with E-state index in [2.05, 4.69) is 16.3 Å². The standard InChI is InChI=1S/C21H26FN3O2/c1-27-20-5-3-2-4-19(20)24-12-14-25(15-13-24)21(26)10-11-23-16-17-6-8-18(22)9-7-17/h2-9,23H,10-16H2,1H3. The summed E-state index contributed by atoms with van der Waals surface area (Å²) in [5, 5.41) is 3.24. The molecule has 0 bridgehead atoms. The number of carbonyl (C=O) groups is 1. The molecule has 0 aliphatic carbocycles. The molecule has 6 heteroatoms. The van der Waals surface area contributed by atoms with Gasteiger partial charge in [-0.05, 0) is 29.8 Å². The van der Waals surface area contributed by atoms with Gasteiger partial charge in [-0.1, -0.05) is 24.3 Å². The van der Waals surface area contributed by atoms with Crippen molar-refractivity contribution in [3.63, 3.8) is 0 Å². The number of piperazine rings is 1. The van der Waals surface area contributed by atoms with Crippen LogP contribution in [0.3, 0.4) is 0 Å². The predicted molar refractivity (Wildman–Crippen MR) is 105 cm³/mol. The molecule has 0 unspecified atom stereocenters. The number of hydrogen-bond acceptors (Lipinski definition) is 4. The third-order valence-electron chi connectivity index (χ3n) is 4.82. The van der Waals surface area contributed by atoms with Gasteiger partial charge in [0, 0.05) is 45.7 Å². The second kappa shape index (κ2) is 9.37. The maximum Gasteiger partial charge on any atom is 0.223 e. The Hall–Kier alpha value is -2.60. The summed E-state index contributed by atoms with van der Waals surface area (Å²) in [5.74, 6) is 0.796. The van der Waals surface area contributed by atoms with Gasteiger partial charge >= 0.3 is 0 Å². The van der Waals surface area contributed by atoms with E-state index in [-0.39, 0.29) is 11.7 Å². The first-order chi connectivity index (χ1) is 13.2. The first-order valence-electron chi connectivity index (χ1n) is 9.28. The predicted octanol–water partition coefficient (Wildman–Crippen LogP) is 2.66. The highest BCUT2D eigenvalue weighted by atomic mass is 19.1. The third-order valence-corrected chi connectivity index (χ3v) is 4.82. The summed E-state index contributed by atoms with van der Waals surface area (Å²) in [6.07, 6.45) is 0.468. The molecule has 0 saturated carbocycles. The average molecular weight is 371 g/mol. The number of para-hydroxylation sites is 2. The van der Waals surface area contributed by atoms with Crippen LogP contribution >= 0.6 is 0 Å². The molecule has 144 valence electrons. The first-order valence-corrected chi connectivity index (χ1v) is 9.28. The lowest BCUT2D eigenvalue weighted by Crippen LogP contribution is -2.49. The molecule has 3 rings (SSSR count). The summed E-state index contributed by atoms with van der Waals surface area (Å²) >= 11 is 0. The Balaban J connectivity index is 1.40. The molecule has 1 amide bonds. The summed E-state index contributed by atoms with van der Waals surface area (Å²) in [6, 6.07) is 14.4. The van der Waals surface area contributed by atoms with Gasteiger partial charge < -0.3 is 19.9 Å². The average Bonchev–Trinajstić information content (AvgIpc) is 2.72. The van der Waals surface area contributed by atoms with Crippen molar-refractivity contribution in [2.24, 2.45) is 0 Å². The normalized spacial score (nSPS) is 14.3. The molecule has 5 nitrogen and oxygen atoms in total. The van der Waals surface area contributed by atoms with Crippen LogP contribution in [0.2, 0.25) is 0 Å². The lowest BCUT2D eigenvalue weighted by molar-refractivity contribution is -0.131. The Morgan fingerprint density at radius 1 is 1.07 bits per heavy atom. The van der Waals surface area contributed by atoms with Crippen LogP contribution in [0, 0.1) is 5.82 Å². The van der Waals surface area contributed by atoms with Crippen molar-refractivity contribution < 1.29 is 13.9 Å². The van der Waals surface area contributed by atoms with Gasteiger partial charge in [0.2, 0.25) is 5.91 Å². The van der Waals surface area contributed by atoms with E-state index in [1.54, 1.807) is 19.2 Å². The third kappa shape index (κ3) is 5.20. The lowest BCUT2D eigenvalue weighted by atomic mass is 10.2. The van der Waals surface area contributed by atoms with Crippen molar-refractivity contribution in [2.75, 3.05) is 44.7 Å². The molecule has 0 radical (unpaired) electrons. The van der Waals surface area contributed by atoms with Crippen LogP contribution < -0.4 is 15.0 Å². The molecule has 0 atom stereocenters. The molecule has 27 heavy (non-hydrogen) atoms. The summed E-state index contributed by atoms with van der Waals surface area (Å²) < 4.78 is 18.3. The number of anilines is 1. The number of nitrogens with one attached hydrogen (secondary N) is 1. The number of benzene rings is 2. The fourth-order valence-corrected chi connectivity index (χ4v) is 3.28. The van der Waals surface area contributed by atoms with Crippen LogP contribution in [0.15, 0.2) is 48.5 Å². The number of hydrogen-bond donors (Lipinski definition) is 1. The second-order valence-electron chi connectivity index (χ2n) is 6.59. The van der Waals surface area contributed by atoms with Gasteiger partial charge in [-0.2, -0.15) is 0 Å². The van der Waals surface area contributed by atoms with E-state index >= 15 is 0 Å². The quantitative estimate of drug-likeness (QED) is 0.760. The van der Waals surface area contributed by atoms with E-state index < -0.39 is 0 Å². The van der Waals surface area contributed by atoms with Crippen molar-refractivity contribution in [2.45, 2.75) is 13.0 Å². The maximum absolute atomic E-state index is 12.9. The number of nitrogens with zero attached hydrogens (tertiary/aromatic N) is 2. The summed E-state index contributed by atoms with van der Waals surface area (Å²) in [4.78, 5) is 16.6. The van der Waals surface area contributed by atoms with Crippen LogP contribution in [0.1, 0.15) is 12.0 Å². The minimum Gasteiger partial charge on any atom is -0.495 e. The smallest absolute Gasteiger partial charge is 0.223 e. The van der Waals surface area contributed by atoms with E-state index in [0.717, 1.165) is 43.2 Å². The van der Waals surface area contributed by atoms with Gasteiger partial charge in [-0.25, -0.2) is 4.39 Å². The molecular formula is C21H26FN3O2. The molecular weight excluding hydrogens is 345 g/mol. The van der Waals surface area contributed by atoms with Crippen LogP contribution in [0.25, 0.3) is 0 Å².